The molecule has 3 N–H and O–H groups in total. The number of nitrogens with one attached hydrogen (secondary N) is 2. The lowest BCUT2D eigenvalue weighted by molar-refractivity contribution is -0.0135. The molecule has 2 aliphatic heterocycles. The number of H-pyrrole nitrogens is 1. The number of rotatable bonds is 4. The molecule has 0 radical (unpaired) electrons. The van der Waals surface area contributed by atoms with Crippen LogP contribution >= 0.6 is 0 Å². The molecule has 2 aromatic heterocycles. The van der Waals surface area contributed by atoms with Crippen LogP contribution in [0.2, 0.25) is 0 Å². The van der Waals surface area contributed by atoms with Gasteiger partial charge in [0.1, 0.15) is 29.8 Å². The summed E-state index contributed by atoms with van der Waals surface area (Å²) in [6.45, 7) is 0.570. The van der Waals surface area contributed by atoms with E-state index in [1.165, 1.54) is 23.4 Å². The Morgan fingerprint density at radius 2 is 2.22 bits per heavy atom. The van der Waals surface area contributed by atoms with Crippen LogP contribution in [0.1, 0.15) is 34.9 Å². The molecular formula is C21H22F2N6O3. The van der Waals surface area contributed by atoms with Gasteiger partial charge in [-0.15, -0.1) is 0 Å². The molecule has 2 saturated heterocycles. The van der Waals surface area contributed by atoms with Crippen molar-refractivity contribution in [2.75, 3.05) is 25.1 Å². The van der Waals surface area contributed by atoms with Crippen LogP contribution in [-0.4, -0.2) is 74.2 Å². The fraction of sp³-hybridized carbons (Fsp3) is 0.429. The van der Waals surface area contributed by atoms with Crippen molar-refractivity contribution in [2.24, 2.45) is 0 Å². The molecule has 2 fully saturated rings. The van der Waals surface area contributed by atoms with Gasteiger partial charge in [-0.05, 0) is 24.1 Å². The number of hydrogen-bond acceptors (Lipinski definition) is 7. The van der Waals surface area contributed by atoms with E-state index in [2.05, 4.69) is 25.5 Å². The van der Waals surface area contributed by atoms with Crippen LogP contribution in [0.15, 0.2) is 30.6 Å². The third-order valence-electron chi connectivity index (χ3n) is 5.96. The van der Waals surface area contributed by atoms with Crippen molar-refractivity contribution < 1.29 is 23.4 Å². The lowest BCUT2D eigenvalue weighted by Gasteiger charge is -2.29. The second-order valence-corrected chi connectivity index (χ2v) is 8.06. The first-order valence-corrected chi connectivity index (χ1v) is 10.4. The number of carbonyl (C=O) groups is 1. The van der Waals surface area contributed by atoms with Crippen LogP contribution < -0.4 is 5.32 Å². The highest BCUT2D eigenvalue weighted by molar-refractivity contribution is 6.07. The molecule has 0 saturated carbocycles. The molecule has 5 rings (SSSR count). The summed E-state index contributed by atoms with van der Waals surface area (Å²) in [5.74, 6) is -0.581. The molecule has 4 atom stereocenters. The smallest absolute Gasteiger partial charge is 0.273 e. The lowest BCUT2D eigenvalue weighted by Crippen LogP contribution is -2.42. The third kappa shape index (κ3) is 3.78. The highest BCUT2D eigenvalue weighted by Gasteiger charge is 2.38. The number of aliphatic hydroxyl groups is 1. The van der Waals surface area contributed by atoms with E-state index in [1.54, 1.807) is 12.1 Å². The van der Waals surface area contributed by atoms with Crippen molar-refractivity contribution in [3.8, 4) is 0 Å². The summed E-state index contributed by atoms with van der Waals surface area (Å²) in [6, 6.07) is 4.92. The number of amides is 1. The maximum atomic E-state index is 14.4. The van der Waals surface area contributed by atoms with Gasteiger partial charge in [-0.3, -0.25) is 9.89 Å². The first-order chi connectivity index (χ1) is 15.5. The normalized spacial score (nSPS) is 25.9. The number of hydrogen-bond donors (Lipinski definition) is 3. The number of halogens is 2. The second kappa shape index (κ2) is 8.40. The van der Waals surface area contributed by atoms with Crippen LogP contribution in [0, 0.1) is 5.82 Å². The van der Waals surface area contributed by atoms with E-state index in [0.717, 1.165) is 0 Å². The van der Waals surface area contributed by atoms with Crippen LogP contribution in [0.5, 0.6) is 0 Å². The molecule has 3 aromatic rings. The summed E-state index contributed by atoms with van der Waals surface area (Å²) in [7, 11) is 0. The summed E-state index contributed by atoms with van der Waals surface area (Å²) in [5, 5.41) is 20.6. The average molecular weight is 444 g/mol. The number of anilines is 1. The Morgan fingerprint density at radius 1 is 1.34 bits per heavy atom. The minimum absolute atomic E-state index is 0.0805. The first-order valence-electron chi connectivity index (χ1n) is 10.4. The second-order valence-electron chi connectivity index (χ2n) is 8.06. The van der Waals surface area contributed by atoms with Crippen LogP contribution in [0.4, 0.5) is 14.6 Å². The van der Waals surface area contributed by atoms with Crippen molar-refractivity contribution in [1.29, 1.82) is 0 Å². The van der Waals surface area contributed by atoms with Gasteiger partial charge < -0.3 is 20.1 Å². The van der Waals surface area contributed by atoms with E-state index in [9.17, 15) is 18.7 Å². The van der Waals surface area contributed by atoms with Gasteiger partial charge in [0, 0.05) is 13.0 Å². The van der Waals surface area contributed by atoms with E-state index in [1.807, 2.05) is 0 Å². The maximum Gasteiger partial charge on any atom is 0.273 e. The van der Waals surface area contributed by atoms with E-state index < -0.39 is 30.0 Å². The van der Waals surface area contributed by atoms with Gasteiger partial charge >= 0.3 is 0 Å². The Morgan fingerprint density at radius 3 is 3.03 bits per heavy atom. The van der Waals surface area contributed by atoms with E-state index in [4.69, 9.17) is 4.74 Å². The SMILES string of the molecule is O=C(c1[nH]nc2ncnc(N[C@@H]3CCOC[C@H]3O)c12)N1C[C@@H](F)C[C@@H]1c1cccc(F)c1. The zero-order chi connectivity index (χ0) is 22.2. The fourth-order valence-corrected chi connectivity index (χ4v) is 4.37. The molecule has 0 bridgehead atoms. The van der Waals surface area contributed by atoms with Gasteiger partial charge in [0.2, 0.25) is 0 Å². The quantitative estimate of drug-likeness (QED) is 0.563. The predicted octanol–water partition coefficient (Wildman–Crippen LogP) is 1.98. The van der Waals surface area contributed by atoms with Crippen molar-refractivity contribution >= 4 is 22.8 Å². The molecule has 1 amide bonds. The van der Waals surface area contributed by atoms with Gasteiger partial charge in [-0.25, -0.2) is 18.7 Å². The third-order valence-corrected chi connectivity index (χ3v) is 5.96. The van der Waals surface area contributed by atoms with Gasteiger partial charge in [-0.2, -0.15) is 5.10 Å². The summed E-state index contributed by atoms with van der Waals surface area (Å²) in [4.78, 5) is 23.2. The first kappa shape index (κ1) is 20.7. The lowest BCUT2D eigenvalue weighted by atomic mass is 10.0. The minimum Gasteiger partial charge on any atom is -0.389 e. The van der Waals surface area contributed by atoms with E-state index in [0.29, 0.717) is 29.8 Å². The van der Waals surface area contributed by atoms with Crippen molar-refractivity contribution in [3.05, 3.63) is 47.7 Å². The standard InChI is InChI=1S/C21H22F2N6O3/c22-12-3-1-2-11(6-12)15-7-13(23)8-29(15)21(31)18-17-19(24-10-25-20(17)28-27-18)26-14-4-5-32-9-16(14)30/h1-3,6,10,13-16,30H,4-5,7-9H2,(H2,24,25,26,27,28)/t13-,14+,15+,16+/m0/s1. The Kier molecular flexibility index (Phi) is 5.43. The minimum atomic E-state index is -1.23. The number of likely N-dealkylation sites (tertiary alicyclic amines) is 1. The van der Waals surface area contributed by atoms with Crippen molar-refractivity contribution in [2.45, 2.75) is 37.2 Å². The number of fused-ring (bicyclic) bond motifs is 1. The molecule has 0 aliphatic carbocycles. The van der Waals surface area contributed by atoms with Crippen LogP contribution in [0.3, 0.4) is 0 Å². The van der Waals surface area contributed by atoms with E-state index in [-0.39, 0.29) is 37.0 Å². The average Bonchev–Trinajstić information content (AvgIpc) is 3.39. The molecule has 32 heavy (non-hydrogen) atoms. The number of ether oxygens (including phenoxy) is 1. The zero-order valence-electron chi connectivity index (χ0n) is 17.0. The molecule has 4 heterocycles. The number of nitrogens with zero attached hydrogens (tertiary/aromatic N) is 4. The van der Waals surface area contributed by atoms with Gasteiger partial charge in [0.15, 0.2) is 5.65 Å². The maximum absolute atomic E-state index is 14.4. The molecule has 11 heteroatoms. The Balaban J connectivity index is 1.49. The van der Waals surface area contributed by atoms with Gasteiger partial charge in [0.25, 0.3) is 5.91 Å². The predicted molar refractivity (Wildman–Crippen MR) is 110 cm³/mol. The Hall–Kier alpha value is -3.18. The summed E-state index contributed by atoms with van der Waals surface area (Å²) < 4.78 is 33.4. The number of aromatic nitrogens is 4. The number of alkyl halides is 1. The monoisotopic (exact) mass is 444 g/mol. The zero-order valence-corrected chi connectivity index (χ0v) is 17.0. The highest BCUT2D eigenvalue weighted by Crippen LogP contribution is 2.36. The number of aliphatic hydroxyl groups excluding tert-OH is 1. The topological polar surface area (TPSA) is 116 Å². The van der Waals surface area contributed by atoms with Crippen molar-refractivity contribution in [3.63, 3.8) is 0 Å². The van der Waals surface area contributed by atoms with Crippen molar-refractivity contribution in [1.82, 2.24) is 25.1 Å². The Labute approximate surface area is 181 Å². The Bertz CT molecular complexity index is 1140. The molecular weight excluding hydrogens is 422 g/mol. The summed E-state index contributed by atoms with van der Waals surface area (Å²) >= 11 is 0. The van der Waals surface area contributed by atoms with E-state index >= 15 is 0 Å². The number of benzene rings is 1. The number of aromatic amines is 1. The van der Waals surface area contributed by atoms with Crippen LogP contribution in [0.25, 0.3) is 11.0 Å². The molecule has 0 spiro atoms. The van der Waals surface area contributed by atoms with Gasteiger partial charge in [0.05, 0.1) is 36.7 Å². The summed E-state index contributed by atoms with van der Waals surface area (Å²) in [6.07, 6.45) is -0.00727. The molecule has 1 aromatic carbocycles. The molecule has 2 aliphatic rings. The molecule has 0 unspecified atom stereocenters. The molecule has 9 nitrogen and oxygen atoms in total. The molecule has 168 valence electrons. The largest absolute Gasteiger partial charge is 0.389 e. The summed E-state index contributed by atoms with van der Waals surface area (Å²) in [5.41, 5.74) is 0.910. The number of carbonyl (C=O) groups excluding carboxylic acids is 1. The van der Waals surface area contributed by atoms with Crippen LogP contribution in [-0.2, 0) is 4.74 Å². The van der Waals surface area contributed by atoms with Gasteiger partial charge in [-0.1, -0.05) is 12.1 Å². The highest BCUT2D eigenvalue weighted by atomic mass is 19.1. The fourth-order valence-electron chi connectivity index (χ4n) is 4.37.